The van der Waals surface area contributed by atoms with Crippen LogP contribution >= 0.6 is 0 Å². The van der Waals surface area contributed by atoms with E-state index in [2.05, 4.69) is 10.3 Å². The standard InChI is InChI=1S/C20H21N3O4/c1-12-20(13(2)24)16-9-15(27-11-18(25)21-3)6-7-17(16)23(12)14-5-8-19(26-4)22-10-14/h5-10H,11H2,1-4H3,(H,21,25). The second-order valence-corrected chi connectivity index (χ2v) is 6.05. The van der Waals surface area contributed by atoms with Crippen LogP contribution in [0.25, 0.3) is 16.6 Å². The van der Waals surface area contributed by atoms with Crippen molar-refractivity contribution in [1.29, 1.82) is 0 Å². The molecule has 0 fully saturated rings. The van der Waals surface area contributed by atoms with Gasteiger partial charge in [-0.05, 0) is 38.1 Å². The molecule has 27 heavy (non-hydrogen) atoms. The maximum Gasteiger partial charge on any atom is 0.257 e. The van der Waals surface area contributed by atoms with Crippen molar-refractivity contribution in [1.82, 2.24) is 14.9 Å². The van der Waals surface area contributed by atoms with Gasteiger partial charge in [-0.25, -0.2) is 4.98 Å². The molecule has 3 rings (SSSR count). The zero-order chi connectivity index (χ0) is 19.6. The van der Waals surface area contributed by atoms with Gasteiger partial charge in [-0.1, -0.05) is 0 Å². The van der Waals surface area contributed by atoms with Crippen molar-refractivity contribution < 1.29 is 19.1 Å². The molecular weight excluding hydrogens is 346 g/mol. The number of nitrogens with one attached hydrogen (secondary N) is 1. The van der Waals surface area contributed by atoms with Gasteiger partial charge in [-0.3, -0.25) is 9.59 Å². The first-order valence-electron chi connectivity index (χ1n) is 8.46. The maximum atomic E-state index is 12.3. The number of likely N-dealkylation sites (N-methyl/N-ethyl adjacent to an activating group) is 1. The molecule has 0 spiro atoms. The first-order chi connectivity index (χ1) is 13.0. The number of methoxy groups -OCH3 is 1. The lowest BCUT2D eigenvalue weighted by molar-refractivity contribution is -0.122. The summed E-state index contributed by atoms with van der Waals surface area (Å²) in [5, 5.41) is 3.28. The van der Waals surface area contributed by atoms with Crippen molar-refractivity contribution in [3.63, 3.8) is 0 Å². The van der Waals surface area contributed by atoms with Crippen LogP contribution in [0.2, 0.25) is 0 Å². The Kier molecular flexibility index (Phi) is 5.12. The van der Waals surface area contributed by atoms with Gasteiger partial charge in [0.2, 0.25) is 5.88 Å². The van der Waals surface area contributed by atoms with Crippen LogP contribution in [0.3, 0.4) is 0 Å². The molecule has 0 saturated carbocycles. The molecule has 3 aromatic rings. The minimum atomic E-state index is -0.222. The summed E-state index contributed by atoms with van der Waals surface area (Å²) in [7, 11) is 3.11. The van der Waals surface area contributed by atoms with E-state index in [4.69, 9.17) is 9.47 Å². The molecule has 0 atom stereocenters. The van der Waals surface area contributed by atoms with Crippen LogP contribution in [-0.2, 0) is 4.79 Å². The molecule has 1 aromatic carbocycles. The average Bonchev–Trinajstić information content (AvgIpc) is 2.97. The van der Waals surface area contributed by atoms with Crippen LogP contribution in [0, 0.1) is 6.92 Å². The van der Waals surface area contributed by atoms with E-state index in [1.165, 1.54) is 6.92 Å². The van der Waals surface area contributed by atoms with Crippen molar-refractivity contribution in [3.05, 3.63) is 47.8 Å². The average molecular weight is 367 g/mol. The number of carbonyl (C=O) groups excluding carboxylic acids is 2. The van der Waals surface area contributed by atoms with Gasteiger partial charge < -0.3 is 19.4 Å². The number of hydrogen-bond donors (Lipinski definition) is 1. The van der Waals surface area contributed by atoms with Crippen LogP contribution < -0.4 is 14.8 Å². The summed E-state index contributed by atoms with van der Waals surface area (Å²) in [6.07, 6.45) is 1.70. The van der Waals surface area contributed by atoms with E-state index in [1.807, 2.05) is 23.6 Å². The number of amides is 1. The lowest BCUT2D eigenvalue weighted by Crippen LogP contribution is -2.24. The third-order valence-corrected chi connectivity index (χ3v) is 4.36. The molecule has 7 nitrogen and oxygen atoms in total. The van der Waals surface area contributed by atoms with Gasteiger partial charge in [0.15, 0.2) is 12.4 Å². The van der Waals surface area contributed by atoms with Gasteiger partial charge in [-0.2, -0.15) is 0 Å². The molecule has 0 unspecified atom stereocenters. The summed E-state index contributed by atoms with van der Waals surface area (Å²) < 4.78 is 12.6. The smallest absolute Gasteiger partial charge is 0.257 e. The fourth-order valence-corrected chi connectivity index (χ4v) is 3.11. The molecule has 7 heteroatoms. The molecule has 0 aliphatic carbocycles. The van der Waals surface area contributed by atoms with E-state index in [0.29, 0.717) is 17.2 Å². The number of fused-ring (bicyclic) bond motifs is 1. The highest BCUT2D eigenvalue weighted by atomic mass is 16.5. The van der Waals surface area contributed by atoms with E-state index in [9.17, 15) is 9.59 Å². The highest BCUT2D eigenvalue weighted by molar-refractivity contribution is 6.09. The van der Waals surface area contributed by atoms with Crippen molar-refractivity contribution in [2.45, 2.75) is 13.8 Å². The number of benzene rings is 1. The summed E-state index contributed by atoms with van der Waals surface area (Å²) in [6.45, 7) is 3.35. The minimum Gasteiger partial charge on any atom is -0.484 e. The summed E-state index contributed by atoms with van der Waals surface area (Å²) >= 11 is 0. The van der Waals surface area contributed by atoms with Crippen LogP contribution in [0.15, 0.2) is 36.5 Å². The SMILES string of the molecule is CNC(=O)COc1ccc2c(c1)c(C(C)=O)c(C)n2-c1ccc(OC)nc1. The molecule has 140 valence electrons. The summed E-state index contributed by atoms with van der Waals surface area (Å²) in [5.41, 5.74) is 3.11. The predicted octanol–water partition coefficient (Wildman–Crippen LogP) is 2.67. The molecule has 0 bridgehead atoms. The Morgan fingerprint density at radius 3 is 2.59 bits per heavy atom. The van der Waals surface area contributed by atoms with E-state index in [-0.39, 0.29) is 18.3 Å². The number of aromatic nitrogens is 2. The summed E-state index contributed by atoms with van der Waals surface area (Å²) in [4.78, 5) is 28.0. The zero-order valence-electron chi connectivity index (χ0n) is 15.7. The second kappa shape index (κ2) is 7.49. The summed E-state index contributed by atoms with van der Waals surface area (Å²) in [5.74, 6) is 0.782. The maximum absolute atomic E-state index is 12.3. The Balaban J connectivity index is 2.12. The zero-order valence-corrected chi connectivity index (χ0v) is 15.7. The molecule has 0 radical (unpaired) electrons. The number of carbonyl (C=O) groups is 2. The van der Waals surface area contributed by atoms with E-state index in [1.54, 1.807) is 38.6 Å². The normalized spacial score (nSPS) is 10.7. The first-order valence-corrected chi connectivity index (χ1v) is 8.46. The lowest BCUT2D eigenvalue weighted by atomic mass is 10.1. The van der Waals surface area contributed by atoms with Crippen molar-refractivity contribution >= 4 is 22.6 Å². The number of Topliss-reactive ketones (excluding diaryl/α,β-unsaturated/α-hetero) is 1. The van der Waals surface area contributed by atoms with Crippen LogP contribution in [-0.4, -0.2) is 42.0 Å². The van der Waals surface area contributed by atoms with Crippen LogP contribution in [0.5, 0.6) is 11.6 Å². The van der Waals surface area contributed by atoms with E-state index < -0.39 is 0 Å². The number of pyridine rings is 1. The van der Waals surface area contributed by atoms with Gasteiger partial charge >= 0.3 is 0 Å². The van der Waals surface area contributed by atoms with Crippen molar-refractivity contribution in [2.24, 2.45) is 0 Å². The van der Waals surface area contributed by atoms with E-state index >= 15 is 0 Å². The molecule has 2 aromatic heterocycles. The molecular formula is C20H21N3O4. The molecule has 2 heterocycles. The Bertz CT molecular complexity index is 1010. The molecule has 1 N–H and O–H groups in total. The number of rotatable bonds is 6. The number of nitrogens with zero attached hydrogens (tertiary/aromatic N) is 2. The molecule has 0 aliphatic heterocycles. The van der Waals surface area contributed by atoms with E-state index in [0.717, 1.165) is 22.3 Å². The largest absolute Gasteiger partial charge is 0.484 e. The van der Waals surface area contributed by atoms with Gasteiger partial charge in [0, 0.05) is 29.8 Å². The third kappa shape index (κ3) is 3.48. The van der Waals surface area contributed by atoms with Gasteiger partial charge in [0.25, 0.3) is 5.91 Å². The third-order valence-electron chi connectivity index (χ3n) is 4.36. The lowest BCUT2D eigenvalue weighted by Gasteiger charge is -2.09. The Morgan fingerprint density at radius 1 is 1.22 bits per heavy atom. The Morgan fingerprint density at radius 2 is 2.00 bits per heavy atom. The fraction of sp³-hybridized carbons (Fsp3) is 0.250. The summed E-state index contributed by atoms with van der Waals surface area (Å²) in [6, 6.07) is 9.10. The van der Waals surface area contributed by atoms with Gasteiger partial charge in [0.1, 0.15) is 5.75 Å². The second-order valence-electron chi connectivity index (χ2n) is 6.05. The van der Waals surface area contributed by atoms with Gasteiger partial charge in [0.05, 0.1) is 24.5 Å². The Hall–Kier alpha value is -3.35. The quantitative estimate of drug-likeness (QED) is 0.678. The topological polar surface area (TPSA) is 82.5 Å². The highest BCUT2D eigenvalue weighted by Crippen LogP contribution is 2.32. The molecule has 0 saturated heterocycles. The van der Waals surface area contributed by atoms with Crippen LogP contribution in [0.1, 0.15) is 23.0 Å². The van der Waals surface area contributed by atoms with Gasteiger partial charge in [-0.15, -0.1) is 0 Å². The number of ether oxygens (including phenoxy) is 2. The molecule has 0 aliphatic rings. The minimum absolute atomic E-state index is 0.0406. The molecule has 1 amide bonds. The van der Waals surface area contributed by atoms with Crippen molar-refractivity contribution in [2.75, 3.05) is 20.8 Å². The van der Waals surface area contributed by atoms with Crippen molar-refractivity contribution in [3.8, 4) is 17.3 Å². The first kappa shape index (κ1) is 18.4. The Labute approximate surface area is 156 Å². The predicted molar refractivity (Wildman–Crippen MR) is 102 cm³/mol. The number of ketones is 1. The monoisotopic (exact) mass is 367 g/mol. The fourth-order valence-electron chi connectivity index (χ4n) is 3.11. The van der Waals surface area contributed by atoms with Crippen LogP contribution in [0.4, 0.5) is 0 Å². The highest BCUT2D eigenvalue weighted by Gasteiger charge is 2.19. The number of hydrogen-bond acceptors (Lipinski definition) is 5.